The monoisotopic (exact) mass is 266 g/mol. The Hall–Kier alpha value is -0.0800. The molecule has 0 aliphatic heterocycles. The number of nitrogens with zero attached hydrogens (tertiary/aromatic N) is 1. The van der Waals surface area contributed by atoms with Crippen molar-refractivity contribution in [2.24, 2.45) is 11.3 Å². The van der Waals surface area contributed by atoms with Gasteiger partial charge in [-0.05, 0) is 57.0 Å². The van der Waals surface area contributed by atoms with Gasteiger partial charge < -0.3 is 5.32 Å². The number of hydrogen-bond donors (Lipinski definition) is 1. The summed E-state index contributed by atoms with van der Waals surface area (Å²) in [5, 5.41) is 3.60. The minimum Gasteiger partial charge on any atom is -0.315 e. The molecule has 0 aromatic rings. The van der Waals surface area contributed by atoms with Gasteiger partial charge in [0.1, 0.15) is 0 Å². The Balaban J connectivity index is 2.08. The lowest BCUT2D eigenvalue weighted by atomic mass is 9.67. The van der Waals surface area contributed by atoms with Gasteiger partial charge in [-0.1, -0.05) is 34.1 Å². The van der Waals surface area contributed by atoms with Gasteiger partial charge in [0.25, 0.3) is 0 Å². The Morgan fingerprint density at radius 3 is 2.26 bits per heavy atom. The number of rotatable bonds is 6. The van der Waals surface area contributed by atoms with E-state index >= 15 is 0 Å². The van der Waals surface area contributed by atoms with Crippen LogP contribution in [0.3, 0.4) is 0 Å². The average Bonchev–Trinajstić information content (AvgIpc) is 3.24. The fourth-order valence-electron chi connectivity index (χ4n) is 4.02. The van der Waals surface area contributed by atoms with Crippen LogP contribution in [0, 0.1) is 11.3 Å². The number of hydrogen-bond acceptors (Lipinski definition) is 2. The van der Waals surface area contributed by atoms with Gasteiger partial charge in [0.15, 0.2) is 0 Å². The zero-order valence-corrected chi connectivity index (χ0v) is 13.7. The van der Waals surface area contributed by atoms with E-state index in [1.807, 2.05) is 0 Å². The van der Waals surface area contributed by atoms with Crippen molar-refractivity contribution in [2.45, 2.75) is 84.3 Å². The fraction of sp³-hybridized carbons (Fsp3) is 1.00. The van der Waals surface area contributed by atoms with Crippen LogP contribution in [0.15, 0.2) is 0 Å². The van der Waals surface area contributed by atoms with Gasteiger partial charge >= 0.3 is 0 Å². The van der Waals surface area contributed by atoms with Crippen LogP contribution in [0.1, 0.15) is 66.2 Å². The van der Waals surface area contributed by atoms with Gasteiger partial charge in [-0.25, -0.2) is 0 Å². The molecular formula is C17H34N2. The molecule has 112 valence electrons. The summed E-state index contributed by atoms with van der Waals surface area (Å²) in [4.78, 5) is 2.80. The molecule has 2 saturated carbocycles. The molecule has 0 aromatic heterocycles. The van der Waals surface area contributed by atoms with Crippen molar-refractivity contribution in [3.8, 4) is 0 Å². The van der Waals surface area contributed by atoms with E-state index in [2.05, 4.69) is 45.0 Å². The molecular weight excluding hydrogens is 232 g/mol. The molecule has 0 bridgehead atoms. The molecule has 0 amide bonds. The van der Waals surface area contributed by atoms with Crippen molar-refractivity contribution in [1.29, 1.82) is 0 Å². The Kier molecular flexibility index (Phi) is 4.94. The van der Waals surface area contributed by atoms with Crippen molar-refractivity contribution in [3.63, 3.8) is 0 Å². The summed E-state index contributed by atoms with van der Waals surface area (Å²) in [5.41, 5.74) is 0.514. The summed E-state index contributed by atoms with van der Waals surface area (Å²) in [6, 6.07) is 2.38. The Bertz CT molecular complexity index is 283. The fourth-order valence-corrected chi connectivity index (χ4v) is 4.02. The van der Waals surface area contributed by atoms with Gasteiger partial charge in [-0.3, -0.25) is 4.90 Å². The maximum Gasteiger partial charge on any atom is 0.0254 e. The summed E-state index contributed by atoms with van der Waals surface area (Å²) in [6.07, 6.45) is 8.34. The van der Waals surface area contributed by atoms with Crippen LogP contribution >= 0.6 is 0 Å². The first-order chi connectivity index (χ1) is 9.03. The standard InChI is InChI=1S/C17H34N2/c1-6-17(3,4)13-8-11-15(18-5)16(12-13)19(7-2)14-9-10-14/h13-16,18H,6-12H2,1-5H3. The second-order valence-corrected chi connectivity index (χ2v) is 7.38. The minimum atomic E-state index is 0.514. The third-order valence-electron chi connectivity index (χ3n) is 6.01. The summed E-state index contributed by atoms with van der Waals surface area (Å²) in [7, 11) is 2.16. The van der Waals surface area contributed by atoms with Crippen LogP contribution in [0.5, 0.6) is 0 Å². The highest BCUT2D eigenvalue weighted by atomic mass is 15.2. The first-order valence-corrected chi connectivity index (χ1v) is 8.46. The van der Waals surface area contributed by atoms with Crippen molar-refractivity contribution in [3.05, 3.63) is 0 Å². The van der Waals surface area contributed by atoms with E-state index in [0.717, 1.165) is 18.0 Å². The third-order valence-corrected chi connectivity index (χ3v) is 6.01. The van der Waals surface area contributed by atoms with Crippen molar-refractivity contribution in [2.75, 3.05) is 13.6 Å². The molecule has 0 heterocycles. The summed E-state index contributed by atoms with van der Waals surface area (Å²) in [5.74, 6) is 0.903. The zero-order valence-electron chi connectivity index (χ0n) is 13.7. The summed E-state index contributed by atoms with van der Waals surface area (Å²) < 4.78 is 0. The molecule has 19 heavy (non-hydrogen) atoms. The summed E-state index contributed by atoms with van der Waals surface area (Å²) in [6.45, 7) is 10.9. The van der Waals surface area contributed by atoms with Crippen LogP contribution < -0.4 is 5.32 Å². The van der Waals surface area contributed by atoms with Gasteiger partial charge in [0.05, 0.1) is 0 Å². The molecule has 0 radical (unpaired) electrons. The lowest BCUT2D eigenvalue weighted by molar-refractivity contribution is 0.0501. The van der Waals surface area contributed by atoms with E-state index < -0.39 is 0 Å². The molecule has 2 fully saturated rings. The lowest BCUT2D eigenvalue weighted by Gasteiger charge is -2.47. The zero-order chi connectivity index (χ0) is 14.0. The summed E-state index contributed by atoms with van der Waals surface area (Å²) >= 11 is 0. The molecule has 1 N–H and O–H groups in total. The van der Waals surface area contributed by atoms with Crippen LogP contribution in [0.2, 0.25) is 0 Å². The maximum absolute atomic E-state index is 3.60. The van der Waals surface area contributed by atoms with E-state index in [1.54, 1.807) is 0 Å². The number of likely N-dealkylation sites (N-methyl/N-ethyl adjacent to an activating group) is 2. The Morgan fingerprint density at radius 1 is 1.11 bits per heavy atom. The molecule has 0 aromatic carbocycles. The molecule has 2 aliphatic rings. The molecule has 2 heteroatoms. The average molecular weight is 266 g/mol. The normalized spacial score (nSPS) is 32.8. The second-order valence-electron chi connectivity index (χ2n) is 7.38. The molecule has 0 saturated heterocycles. The van der Waals surface area contributed by atoms with E-state index in [4.69, 9.17) is 0 Å². The first-order valence-electron chi connectivity index (χ1n) is 8.46. The van der Waals surface area contributed by atoms with E-state index in [1.165, 1.54) is 45.1 Å². The largest absolute Gasteiger partial charge is 0.315 e. The van der Waals surface area contributed by atoms with Gasteiger partial charge in [0.2, 0.25) is 0 Å². The minimum absolute atomic E-state index is 0.514. The molecule has 3 atom stereocenters. The molecule has 2 nitrogen and oxygen atoms in total. The SMILES string of the molecule is CCN(C1CC1)C1CC(C(C)(C)CC)CCC1NC. The topological polar surface area (TPSA) is 15.3 Å². The predicted molar refractivity (Wildman–Crippen MR) is 83.5 cm³/mol. The molecule has 0 spiro atoms. The Morgan fingerprint density at radius 2 is 1.79 bits per heavy atom. The Labute approximate surface area is 120 Å². The highest BCUT2D eigenvalue weighted by Crippen LogP contribution is 2.43. The van der Waals surface area contributed by atoms with E-state index in [9.17, 15) is 0 Å². The smallest absolute Gasteiger partial charge is 0.0254 e. The highest BCUT2D eigenvalue weighted by Gasteiger charge is 2.42. The van der Waals surface area contributed by atoms with Crippen LogP contribution in [0.4, 0.5) is 0 Å². The van der Waals surface area contributed by atoms with E-state index in [-0.39, 0.29) is 0 Å². The van der Waals surface area contributed by atoms with E-state index in [0.29, 0.717) is 11.5 Å². The van der Waals surface area contributed by atoms with Gasteiger partial charge in [-0.15, -0.1) is 0 Å². The van der Waals surface area contributed by atoms with Gasteiger partial charge in [-0.2, -0.15) is 0 Å². The van der Waals surface area contributed by atoms with Crippen molar-refractivity contribution < 1.29 is 0 Å². The third kappa shape index (κ3) is 3.33. The van der Waals surface area contributed by atoms with Gasteiger partial charge in [0, 0.05) is 18.1 Å². The van der Waals surface area contributed by atoms with Crippen LogP contribution in [0.25, 0.3) is 0 Å². The lowest BCUT2D eigenvalue weighted by Crippen LogP contribution is -2.54. The quantitative estimate of drug-likeness (QED) is 0.789. The predicted octanol–water partition coefficient (Wildman–Crippen LogP) is 3.66. The maximum atomic E-state index is 3.60. The first kappa shape index (κ1) is 15.3. The molecule has 2 aliphatic carbocycles. The molecule has 2 rings (SSSR count). The number of nitrogens with one attached hydrogen (secondary N) is 1. The molecule has 3 unspecified atom stereocenters. The van der Waals surface area contributed by atoms with Crippen LogP contribution in [-0.4, -0.2) is 36.6 Å². The highest BCUT2D eigenvalue weighted by molar-refractivity contribution is 4.98. The van der Waals surface area contributed by atoms with Crippen molar-refractivity contribution >= 4 is 0 Å². The van der Waals surface area contributed by atoms with Crippen molar-refractivity contribution in [1.82, 2.24) is 10.2 Å². The second kappa shape index (κ2) is 6.13. The van der Waals surface area contributed by atoms with Crippen LogP contribution in [-0.2, 0) is 0 Å².